The second-order valence-electron chi connectivity index (χ2n) is 4.52. The number of hydrogen-bond acceptors (Lipinski definition) is 4. The molecule has 0 aliphatic carbocycles. The molecule has 1 N–H and O–H groups in total. The Morgan fingerprint density at radius 2 is 1.84 bits per heavy atom. The molecule has 0 amide bonds. The number of aromatic nitrogens is 2. The number of rotatable bonds is 3. The van der Waals surface area contributed by atoms with Crippen molar-refractivity contribution in [2.75, 3.05) is 19.5 Å². The third-order valence-corrected chi connectivity index (χ3v) is 3.18. The molecule has 0 saturated carbocycles. The van der Waals surface area contributed by atoms with Crippen molar-refractivity contribution in [3.63, 3.8) is 0 Å². The van der Waals surface area contributed by atoms with Gasteiger partial charge < -0.3 is 10.1 Å². The summed E-state index contributed by atoms with van der Waals surface area (Å²) in [6.07, 6.45) is 0. The highest BCUT2D eigenvalue weighted by atomic mass is 16.5. The van der Waals surface area contributed by atoms with Crippen molar-refractivity contribution < 1.29 is 4.74 Å². The highest BCUT2D eigenvalue weighted by molar-refractivity contribution is 5.71. The predicted octanol–water partition coefficient (Wildman–Crippen LogP) is 3.12. The zero-order valence-corrected chi connectivity index (χ0v) is 12.0. The Kier molecular flexibility index (Phi) is 3.69. The maximum Gasteiger partial charge on any atom is 0.132 e. The molecule has 0 aliphatic rings. The van der Waals surface area contributed by atoms with Gasteiger partial charge in [-0.2, -0.15) is 0 Å². The predicted molar refractivity (Wildman–Crippen MR) is 77.8 cm³/mol. The third kappa shape index (κ3) is 2.52. The summed E-state index contributed by atoms with van der Waals surface area (Å²) < 4.78 is 5.24. The lowest BCUT2D eigenvalue weighted by atomic mass is 10.0. The van der Waals surface area contributed by atoms with Crippen molar-refractivity contribution in [2.45, 2.75) is 20.8 Å². The molecule has 0 aliphatic heterocycles. The summed E-state index contributed by atoms with van der Waals surface area (Å²) in [5.41, 5.74) is 4.28. The van der Waals surface area contributed by atoms with Crippen LogP contribution in [0.25, 0.3) is 11.3 Å². The van der Waals surface area contributed by atoms with E-state index in [1.54, 1.807) is 7.11 Å². The minimum atomic E-state index is 0.764. The molecule has 0 atom stereocenters. The number of nitrogens with zero attached hydrogens (tertiary/aromatic N) is 2. The molecule has 1 aromatic heterocycles. The minimum absolute atomic E-state index is 0.764. The number of benzene rings is 1. The van der Waals surface area contributed by atoms with E-state index in [9.17, 15) is 0 Å². The Morgan fingerprint density at radius 3 is 2.42 bits per heavy atom. The van der Waals surface area contributed by atoms with Gasteiger partial charge in [0, 0.05) is 18.2 Å². The fourth-order valence-electron chi connectivity index (χ4n) is 2.16. The Hall–Kier alpha value is -2.10. The van der Waals surface area contributed by atoms with Gasteiger partial charge in [0.1, 0.15) is 17.4 Å². The number of aryl methyl sites for hydroxylation is 2. The zero-order valence-electron chi connectivity index (χ0n) is 12.0. The zero-order chi connectivity index (χ0) is 14.0. The van der Waals surface area contributed by atoms with E-state index in [-0.39, 0.29) is 0 Å². The summed E-state index contributed by atoms with van der Waals surface area (Å²) in [7, 11) is 3.55. The molecule has 19 heavy (non-hydrogen) atoms. The molecular weight excluding hydrogens is 238 g/mol. The summed E-state index contributed by atoms with van der Waals surface area (Å²) in [5, 5.41) is 3.11. The topological polar surface area (TPSA) is 47.0 Å². The monoisotopic (exact) mass is 257 g/mol. The van der Waals surface area contributed by atoms with E-state index in [2.05, 4.69) is 22.2 Å². The fraction of sp³-hybridized carbons (Fsp3) is 0.333. The second kappa shape index (κ2) is 5.26. The van der Waals surface area contributed by atoms with E-state index in [0.29, 0.717) is 0 Å². The van der Waals surface area contributed by atoms with Crippen molar-refractivity contribution in [1.29, 1.82) is 0 Å². The van der Waals surface area contributed by atoms with Gasteiger partial charge in [0.05, 0.1) is 12.8 Å². The molecule has 2 aromatic rings. The average Bonchev–Trinajstić information content (AvgIpc) is 2.41. The van der Waals surface area contributed by atoms with Crippen molar-refractivity contribution in [1.82, 2.24) is 9.97 Å². The van der Waals surface area contributed by atoms with E-state index in [1.165, 1.54) is 0 Å². The van der Waals surface area contributed by atoms with Crippen LogP contribution in [0.4, 0.5) is 5.82 Å². The van der Waals surface area contributed by atoms with Gasteiger partial charge in [-0.25, -0.2) is 9.97 Å². The minimum Gasteiger partial charge on any atom is -0.497 e. The van der Waals surface area contributed by atoms with Crippen LogP contribution in [0.5, 0.6) is 5.75 Å². The molecule has 2 rings (SSSR count). The van der Waals surface area contributed by atoms with E-state index in [1.807, 2.05) is 39.1 Å². The van der Waals surface area contributed by atoms with Crippen LogP contribution in [0.2, 0.25) is 0 Å². The summed E-state index contributed by atoms with van der Waals surface area (Å²) in [6.45, 7) is 6.00. The number of anilines is 1. The van der Waals surface area contributed by atoms with Crippen molar-refractivity contribution in [2.24, 2.45) is 0 Å². The van der Waals surface area contributed by atoms with Gasteiger partial charge in [-0.1, -0.05) is 0 Å². The molecule has 0 fully saturated rings. The normalized spacial score (nSPS) is 10.4. The van der Waals surface area contributed by atoms with E-state index in [0.717, 1.165) is 39.8 Å². The Morgan fingerprint density at radius 1 is 1.11 bits per heavy atom. The van der Waals surface area contributed by atoms with Crippen LogP contribution < -0.4 is 10.1 Å². The van der Waals surface area contributed by atoms with Crippen molar-refractivity contribution in [3.05, 3.63) is 35.2 Å². The van der Waals surface area contributed by atoms with Gasteiger partial charge in [0.25, 0.3) is 0 Å². The standard InChI is InChI=1S/C15H19N3O/c1-9-8-12(19-5)6-7-13(9)14-10(2)15(16-4)18-11(3)17-14/h6-8H,1-5H3,(H,16,17,18). The largest absolute Gasteiger partial charge is 0.497 e. The molecule has 0 unspecified atom stereocenters. The molecule has 0 spiro atoms. The van der Waals surface area contributed by atoms with E-state index in [4.69, 9.17) is 4.74 Å². The Balaban J connectivity index is 2.61. The number of nitrogens with one attached hydrogen (secondary N) is 1. The molecule has 0 radical (unpaired) electrons. The van der Waals surface area contributed by atoms with Gasteiger partial charge >= 0.3 is 0 Å². The molecule has 1 aromatic carbocycles. The summed E-state index contributed by atoms with van der Waals surface area (Å²) >= 11 is 0. The van der Waals surface area contributed by atoms with Crippen LogP contribution in [0.15, 0.2) is 18.2 Å². The third-order valence-electron chi connectivity index (χ3n) is 3.18. The van der Waals surface area contributed by atoms with E-state index < -0.39 is 0 Å². The summed E-state index contributed by atoms with van der Waals surface area (Å²) in [6, 6.07) is 6.02. The maximum atomic E-state index is 5.24. The molecule has 4 nitrogen and oxygen atoms in total. The molecule has 0 saturated heterocycles. The second-order valence-corrected chi connectivity index (χ2v) is 4.52. The summed E-state index contributed by atoms with van der Waals surface area (Å²) in [4.78, 5) is 8.97. The molecule has 100 valence electrons. The first-order chi connectivity index (χ1) is 9.06. The number of hydrogen-bond donors (Lipinski definition) is 1. The van der Waals surface area contributed by atoms with Gasteiger partial charge in [0.15, 0.2) is 0 Å². The highest BCUT2D eigenvalue weighted by Gasteiger charge is 2.12. The summed E-state index contributed by atoms with van der Waals surface area (Å²) in [5.74, 6) is 2.50. The quantitative estimate of drug-likeness (QED) is 0.917. The lowest BCUT2D eigenvalue weighted by Gasteiger charge is -2.13. The van der Waals surface area contributed by atoms with Crippen LogP contribution >= 0.6 is 0 Å². The molecule has 0 bridgehead atoms. The van der Waals surface area contributed by atoms with Gasteiger partial charge in [-0.3, -0.25) is 0 Å². The van der Waals surface area contributed by atoms with Crippen LogP contribution in [0.1, 0.15) is 17.0 Å². The average molecular weight is 257 g/mol. The van der Waals surface area contributed by atoms with Crippen LogP contribution in [-0.4, -0.2) is 24.1 Å². The smallest absolute Gasteiger partial charge is 0.132 e. The van der Waals surface area contributed by atoms with Gasteiger partial charge in [0.2, 0.25) is 0 Å². The van der Waals surface area contributed by atoms with Crippen LogP contribution in [0.3, 0.4) is 0 Å². The van der Waals surface area contributed by atoms with E-state index >= 15 is 0 Å². The Labute approximate surface area is 113 Å². The lowest BCUT2D eigenvalue weighted by molar-refractivity contribution is 0.414. The van der Waals surface area contributed by atoms with Crippen molar-refractivity contribution in [3.8, 4) is 17.0 Å². The Bertz CT molecular complexity index is 609. The molecular formula is C15H19N3O. The van der Waals surface area contributed by atoms with Crippen LogP contribution in [-0.2, 0) is 0 Å². The van der Waals surface area contributed by atoms with Crippen molar-refractivity contribution >= 4 is 5.82 Å². The molecule has 1 heterocycles. The first kappa shape index (κ1) is 13.3. The highest BCUT2D eigenvalue weighted by Crippen LogP contribution is 2.30. The first-order valence-electron chi connectivity index (χ1n) is 6.24. The molecule has 4 heteroatoms. The number of ether oxygens (including phenoxy) is 1. The van der Waals surface area contributed by atoms with Crippen LogP contribution in [0, 0.1) is 20.8 Å². The number of methoxy groups -OCH3 is 1. The van der Waals surface area contributed by atoms with Gasteiger partial charge in [-0.05, 0) is 44.5 Å². The lowest BCUT2D eigenvalue weighted by Crippen LogP contribution is -2.03. The first-order valence-corrected chi connectivity index (χ1v) is 6.24. The van der Waals surface area contributed by atoms with Gasteiger partial charge in [-0.15, -0.1) is 0 Å². The fourth-order valence-corrected chi connectivity index (χ4v) is 2.16. The maximum absolute atomic E-state index is 5.24. The SMILES string of the molecule is CNc1nc(C)nc(-c2ccc(OC)cc2C)c1C.